The lowest BCUT2D eigenvalue weighted by Gasteiger charge is -2.20. The van der Waals surface area contributed by atoms with Crippen LogP contribution in [0.2, 0.25) is 0 Å². The molecule has 1 aliphatic rings. The molecule has 1 amide bonds. The molecule has 138 valence electrons. The van der Waals surface area contributed by atoms with Crippen molar-refractivity contribution in [3.63, 3.8) is 0 Å². The van der Waals surface area contributed by atoms with E-state index in [-0.39, 0.29) is 5.91 Å². The van der Waals surface area contributed by atoms with Crippen molar-refractivity contribution in [1.82, 2.24) is 9.88 Å². The second-order valence-corrected chi connectivity index (χ2v) is 7.99. The van der Waals surface area contributed by atoms with Crippen LogP contribution in [0, 0.1) is 13.8 Å². The predicted molar refractivity (Wildman–Crippen MR) is 111 cm³/mol. The Morgan fingerprint density at radius 1 is 1.11 bits per heavy atom. The molecule has 27 heavy (non-hydrogen) atoms. The van der Waals surface area contributed by atoms with Gasteiger partial charge in [0, 0.05) is 43.3 Å². The fourth-order valence-corrected chi connectivity index (χ4v) is 4.46. The summed E-state index contributed by atoms with van der Waals surface area (Å²) in [7, 11) is 2.08. The summed E-state index contributed by atoms with van der Waals surface area (Å²) in [6.45, 7) is 6.31. The molecule has 1 aliphatic heterocycles. The van der Waals surface area contributed by atoms with Gasteiger partial charge in [0.1, 0.15) is 10.7 Å². The van der Waals surface area contributed by atoms with Crippen LogP contribution in [0.4, 0.5) is 5.69 Å². The zero-order valence-corrected chi connectivity index (χ0v) is 16.7. The van der Waals surface area contributed by atoms with Crippen LogP contribution in [0.1, 0.15) is 27.2 Å². The zero-order valence-electron chi connectivity index (χ0n) is 15.9. The average Bonchev–Trinajstić information content (AvgIpc) is 3.07. The monoisotopic (exact) mass is 377 g/mol. The molecule has 4 rings (SSSR count). The average molecular weight is 378 g/mol. The van der Waals surface area contributed by atoms with Gasteiger partial charge in [-0.2, -0.15) is 0 Å². The Labute approximate surface area is 164 Å². The Morgan fingerprint density at radius 2 is 1.93 bits per heavy atom. The number of aryl methyl sites for hydroxylation is 2. The maximum atomic E-state index is 13.1. The van der Waals surface area contributed by atoms with Gasteiger partial charge in [0.05, 0.1) is 0 Å². The van der Waals surface area contributed by atoms with Gasteiger partial charge in [-0.3, -0.25) is 4.79 Å². The molecule has 2 heterocycles. The Morgan fingerprint density at radius 3 is 2.74 bits per heavy atom. The lowest BCUT2D eigenvalue weighted by Crippen LogP contribution is -2.34. The lowest BCUT2D eigenvalue weighted by molar-refractivity contribution is 0.0746. The molecule has 4 nitrogen and oxygen atoms in total. The number of carbonyl (C=O) groups excluding carboxylic acids is 1. The van der Waals surface area contributed by atoms with Crippen LogP contribution in [-0.2, 0) is 6.54 Å². The largest absolute Gasteiger partial charge is 0.373 e. The highest BCUT2D eigenvalue weighted by Crippen LogP contribution is 2.29. The predicted octanol–water partition coefficient (Wildman–Crippen LogP) is 4.52. The number of fused-ring (bicyclic) bond motifs is 1. The molecule has 0 radical (unpaired) electrons. The Kier molecular flexibility index (Phi) is 4.70. The second-order valence-electron chi connectivity index (χ2n) is 7.13. The minimum atomic E-state index is 0.00682. The number of nitrogens with zero attached hydrogens (tertiary/aromatic N) is 3. The minimum absolute atomic E-state index is 0.00682. The number of amides is 1. The maximum Gasteiger partial charge on any atom is 0.273 e. The van der Waals surface area contributed by atoms with Gasteiger partial charge >= 0.3 is 0 Å². The van der Waals surface area contributed by atoms with E-state index in [1.54, 1.807) is 0 Å². The first-order chi connectivity index (χ1) is 13.0. The fraction of sp³-hybridized carbons (Fsp3) is 0.273. The summed E-state index contributed by atoms with van der Waals surface area (Å²) in [5.74, 6) is 0.00682. The molecular weight excluding hydrogens is 354 g/mol. The summed E-state index contributed by atoms with van der Waals surface area (Å²) in [6.07, 6.45) is 0. The molecule has 2 aromatic carbocycles. The van der Waals surface area contributed by atoms with E-state index in [1.807, 2.05) is 22.4 Å². The molecular formula is C22H23N3OS. The van der Waals surface area contributed by atoms with E-state index in [1.165, 1.54) is 33.7 Å². The van der Waals surface area contributed by atoms with Crippen LogP contribution < -0.4 is 4.90 Å². The first-order valence-electron chi connectivity index (χ1n) is 9.14. The highest BCUT2D eigenvalue weighted by Gasteiger charge is 2.24. The quantitative estimate of drug-likeness (QED) is 0.659. The summed E-state index contributed by atoms with van der Waals surface area (Å²) in [4.78, 5) is 21.9. The van der Waals surface area contributed by atoms with Gasteiger partial charge in [0.25, 0.3) is 5.91 Å². The first-order valence-corrected chi connectivity index (χ1v) is 10.0. The van der Waals surface area contributed by atoms with Crippen molar-refractivity contribution in [2.75, 3.05) is 25.0 Å². The third-order valence-corrected chi connectivity index (χ3v) is 5.97. The third kappa shape index (κ3) is 3.47. The van der Waals surface area contributed by atoms with Crippen molar-refractivity contribution in [2.24, 2.45) is 0 Å². The van der Waals surface area contributed by atoms with Crippen LogP contribution in [0.15, 0.2) is 47.8 Å². The number of para-hydroxylation sites is 1. The summed E-state index contributed by atoms with van der Waals surface area (Å²) >= 11 is 1.54. The van der Waals surface area contributed by atoms with Gasteiger partial charge in [0.2, 0.25) is 0 Å². The number of likely N-dealkylation sites (N-methyl/N-ethyl adjacent to an activating group) is 1. The van der Waals surface area contributed by atoms with E-state index in [9.17, 15) is 4.79 Å². The molecule has 0 saturated heterocycles. The SMILES string of the molecule is Cc1ccc(-c2nc(C(=O)N3CCN(C)c4ccccc4C3)cs2)c(C)c1. The van der Waals surface area contributed by atoms with Crippen molar-refractivity contribution >= 4 is 22.9 Å². The molecule has 5 heteroatoms. The number of rotatable bonds is 2. The number of anilines is 1. The van der Waals surface area contributed by atoms with E-state index in [2.05, 4.69) is 61.1 Å². The van der Waals surface area contributed by atoms with Gasteiger partial charge in [0.15, 0.2) is 0 Å². The van der Waals surface area contributed by atoms with Crippen LogP contribution in [0.25, 0.3) is 10.6 Å². The number of hydrogen-bond acceptors (Lipinski definition) is 4. The number of hydrogen-bond donors (Lipinski definition) is 0. The standard InChI is InChI=1S/C22H23N3OS/c1-15-8-9-18(16(2)12-15)21-23-19(14-27-21)22(26)25-11-10-24(3)20-7-5-4-6-17(20)13-25/h4-9,12,14H,10-11,13H2,1-3H3. The lowest BCUT2D eigenvalue weighted by atomic mass is 10.1. The van der Waals surface area contributed by atoms with Crippen molar-refractivity contribution in [3.8, 4) is 10.6 Å². The molecule has 3 aromatic rings. The number of thiazole rings is 1. The van der Waals surface area contributed by atoms with Gasteiger partial charge in [-0.05, 0) is 31.0 Å². The molecule has 0 atom stereocenters. The van der Waals surface area contributed by atoms with Gasteiger partial charge in [-0.25, -0.2) is 4.98 Å². The number of aromatic nitrogens is 1. The van der Waals surface area contributed by atoms with Crippen molar-refractivity contribution < 1.29 is 4.79 Å². The molecule has 0 unspecified atom stereocenters. The summed E-state index contributed by atoms with van der Waals surface area (Å²) in [5, 5.41) is 2.79. The van der Waals surface area contributed by atoms with E-state index < -0.39 is 0 Å². The van der Waals surface area contributed by atoms with Crippen LogP contribution in [0.5, 0.6) is 0 Å². The molecule has 0 aliphatic carbocycles. The highest BCUT2D eigenvalue weighted by molar-refractivity contribution is 7.13. The number of benzene rings is 2. The minimum Gasteiger partial charge on any atom is -0.373 e. The van der Waals surface area contributed by atoms with Crippen molar-refractivity contribution in [3.05, 3.63) is 70.2 Å². The second kappa shape index (κ2) is 7.16. The molecule has 0 fully saturated rings. The molecule has 0 N–H and O–H groups in total. The topological polar surface area (TPSA) is 36.4 Å². The number of carbonyl (C=O) groups is 1. The van der Waals surface area contributed by atoms with E-state index in [0.717, 1.165) is 17.1 Å². The smallest absolute Gasteiger partial charge is 0.273 e. The van der Waals surface area contributed by atoms with E-state index in [4.69, 9.17) is 0 Å². The van der Waals surface area contributed by atoms with Gasteiger partial charge < -0.3 is 9.80 Å². The third-order valence-electron chi connectivity index (χ3n) is 5.09. The molecule has 1 aromatic heterocycles. The highest BCUT2D eigenvalue weighted by atomic mass is 32.1. The Balaban J connectivity index is 1.60. The Hall–Kier alpha value is -2.66. The summed E-state index contributed by atoms with van der Waals surface area (Å²) < 4.78 is 0. The first kappa shape index (κ1) is 17.7. The van der Waals surface area contributed by atoms with Gasteiger partial charge in [-0.1, -0.05) is 42.0 Å². The van der Waals surface area contributed by atoms with Crippen LogP contribution in [-0.4, -0.2) is 35.9 Å². The fourth-order valence-electron chi connectivity index (χ4n) is 3.58. The molecule has 0 saturated carbocycles. The summed E-state index contributed by atoms with van der Waals surface area (Å²) in [6, 6.07) is 14.6. The molecule has 0 bridgehead atoms. The van der Waals surface area contributed by atoms with E-state index in [0.29, 0.717) is 18.8 Å². The zero-order chi connectivity index (χ0) is 19.0. The van der Waals surface area contributed by atoms with Crippen LogP contribution in [0.3, 0.4) is 0 Å². The van der Waals surface area contributed by atoms with Gasteiger partial charge in [-0.15, -0.1) is 11.3 Å². The van der Waals surface area contributed by atoms with Crippen LogP contribution >= 0.6 is 11.3 Å². The summed E-state index contributed by atoms with van der Waals surface area (Å²) in [5.41, 5.74) is 6.44. The normalized spacial score (nSPS) is 14.0. The van der Waals surface area contributed by atoms with Crippen molar-refractivity contribution in [1.29, 1.82) is 0 Å². The van der Waals surface area contributed by atoms with E-state index >= 15 is 0 Å². The maximum absolute atomic E-state index is 13.1. The van der Waals surface area contributed by atoms with Crippen molar-refractivity contribution in [2.45, 2.75) is 20.4 Å². The Bertz CT molecular complexity index is 995. The molecule has 0 spiro atoms.